The summed E-state index contributed by atoms with van der Waals surface area (Å²) in [5.41, 5.74) is 5.17. The predicted molar refractivity (Wildman–Crippen MR) is 180 cm³/mol. The number of carbonyl (C=O) groups is 3. The number of anilines is 2. The molecule has 240 valence electrons. The Labute approximate surface area is 270 Å². The summed E-state index contributed by atoms with van der Waals surface area (Å²) < 4.78 is 6.39. The van der Waals surface area contributed by atoms with Gasteiger partial charge in [-0.3, -0.25) is 14.4 Å². The molecule has 2 aliphatic rings. The summed E-state index contributed by atoms with van der Waals surface area (Å²) >= 11 is 1.40. The molecule has 2 heterocycles. The normalized spacial score (nSPS) is 15.8. The van der Waals surface area contributed by atoms with Crippen molar-refractivity contribution in [1.29, 1.82) is 0 Å². The Bertz CT molecular complexity index is 1550. The van der Waals surface area contributed by atoms with Crippen molar-refractivity contribution in [2.24, 2.45) is 11.8 Å². The fraction of sp³-hybridized carbons (Fsp3) is 0.472. The van der Waals surface area contributed by atoms with Gasteiger partial charge >= 0.3 is 5.97 Å². The number of aliphatic carboxylic acids is 1. The smallest absolute Gasteiger partial charge is 0.303 e. The number of amides is 2. The Hall–Kier alpha value is -3.85. The molecule has 9 heteroatoms. The summed E-state index contributed by atoms with van der Waals surface area (Å²) in [5.74, 6) is 0.811. The van der Waals surface area contributed by atoms with Crippen LogP contribution in [0.1, 0.15) is 72.3 Å². The van der Waals surface area contributed by atoms with Crippen molar-refractivity contribution < 1.29 is 24.2 Å². The van der Waals surface area contributed by atoms with Crippen molar-refractivity contribution in [1.82, 2.24) is 4.90 Å². The zero-order valence-electron chi connectivity index (χ0n) is 27.0. The van der Waals surface area contributed by atoms with E-state index in [9.17, 15) is 14.4 Å². The van der Waals surface area contributed by atoms with E-state index in [1.54, 1.807) is 4.90 Å². The molecular formula is C36H45N3O5S. The second-order valence-electron chi connectivity index (χ2n) is 12.8. The number of para-hydroxylation sites is 2. The fourth-order valence-electron chi connectivity index (χ4n) is 6.08. The summed E-state index contributed by atoms with van der Waals surface area (Å²) in [7, 11) is 1.82. The first-order valence-corrected chi connectivity index (χ1v) is 16.9. The second-order valence-corrected chi connectivity index (χ2v) is 13.7. The van der Waals surface area contributed by atoms with Crippen LogP contribution in [0.2, 0.25) is 0 Å². The van der Waals surface area contributed by atoms with E-state index in [0.29, 0.717) is 48.3 Å². The minimum atomic E-state index is -0.783. The SMILES string of the molecule is Cc1cc(Oc2ccsc2C(=O)N2CCN(C3CC3)c3ccccc32)c(C)cc1CCC(=O)N(C)CCC(C)C(C)CC(=O)O. The fourth-order valence-corrected chi connectivity index (χ4v) is 6.84. The molecule has 1 aliphatic heterocycles. The maximum atomic E-state index is 13.9. The molecule has 2 aromatic carbocycles. The van der Waals surface area contributed by atoms with Gasteiger partial charge < -0.3 is 24.5 Å². The number of carboxylic acids is 1. The van der Waals surface area contributed by atoms with E-state index >= 15 is 0 Å². The summed E-state index contributed by atoms with van der Waals surface area (Å²) in [6, 6.07) is 14.7. The first-order valence-electron chi connectivity index (χ1n) is 16.0. The Kier molecular flexibility index (Phi) is 10.2. The Morgan fingerprint density at radius 2 is 1.73 bits per heavy atom. The molecule has 1 saturated carbocycles. The van der Waals surface area contributed by atoms with Crippen LogP contribution in [0.15, 0.2) is 47.8 Å². The lowest BCUT2D eigenvalue weighted by Gasteiger charge is -2.37. The van der Waals surface area contributed by atoms with Gasteiger partial charge in [0, 0.05) is 45.6 Å². The highest BCUT2D eigenvalue weighted by Gasteiger charge is 2.36. The lowest BCUT2D eigenvalue weighted by molar-refractivity contribution is -0.138. The van der Waals surface area contributed by atoms with Crippen molar-refractivity contribution in [3.63, 3.8) is 0 Å². The quantitative estimate of drug-likeness (QED) is 0.213. The van der Waals surface area contributed by atoms with Crippen molar-refractivity contribution in [3.05, 3.63) is 69.4 Å². The molecule has 2 atom stereocenters. The molecule has 1 N–H and O–H groups in total. The summed E-state index contributed by atoms with van der Waals surface area (Å²) in [6.07, 6.45) is 4.37. The Morgan fingerprint density at radius 3 is 2.44 bits per heavy atom. The monoisotopic (exact) mass is 631 g/mol. The van der Waals surface area contributed by atoms with Gasteiger partial charge in [0.2, 0.25) is 5.91 Å². The maximum Gasteiger partial charge on any atom is 0.303 e. The third kappa shape index (κ3) is 7.69. The zero-order chi connectivity index (χ0) is 32.2. The first-order chi connectivity index (χ1) is 21.5. The number of hydrogen-bond acceptors (Lipinski definition) is 6. The van der Waals surface area contributed by atoms with Crippen LogP contribution in [0.5, 0.6) is 11.5 Å². The van der Waals surface area contributed by atoms with Crippen LogP contribution in [0.3, 0.4) is 0 Å². The molecule has 2 unspecified atom stereocenters. The standard InChI is InChI=1S/C36H45N3O5S/c1-23(24(2)22-34(41)42)14-16-37(5)33(40)13-10-27-20-26(4)32(21-25(27)3)44-31-15-19-45-35(31)36(43)39-18-17-38(28-11-12-28)29-8-6-7-9-30(29)39/h6-9,15,19-21,23-24,28H,10-14,16-18,22H2,1-5H3,(H,41,42). The average Bonchev–Trinajstić information content (AvgIpc) is 3.76. The van der Waals surface area contributed by atoms with Gasteiger partial charge in [-0.15, -0.1) is 11.3 Å². The van der Waals surface area contributed by atoms with Crippen molar-refractivity contribution in [2.45, 2.75) is 72.3 Å². The van der Waals surface area contributed by atoms with Crippen LogP contribution in [0, 0.1) is 25.7 Å². The summed E-state index contributed by atoms with van der Waals surface area (Å²) in [6.45, 7) is 10.1. The molecule has 8 nitrogen and oxygen atoms in total. The Balaban J connectivity index is 1.20. The van der Waals surface area contributed by atoms with Crippen LogP contribution in [-0.4, -0.2) is 60.5 Å². The molecule has 0 saturated heterocycles. The highest BCUT2D eigenvalue weighted by Crippen LogP contribution is 2.42. The van der Waals surface area contributed by atoms with Gasteiger partial charge in [-0.05, 0) is 97.7 Å². The number of carboxylic acid groups (broad SMARTS) is 1. The third-order valence-electron chi connectivity index (χ3n) is 9.38. The highest BCUT2D eigenvalue weighted by molar-refractivity contribution is 7.12. The topological polar surface area (TPSA) is 90.4 Å². The number of fused-ring (bicyclic) bond motifs is 1. The van der Waals surface area contributed by atoms with E-state index in [-0.39, 0.29) is 30.1 Å². The first kappa shape index (κ1) is 32.5. The van der Waals surface area contributed by atoms with Gasteiger partial charge in [0.25, 0.3) is 5.91 Å². The minimum Gasteiger partial charge on any atom is -0.481 e. The van der Waals surface area contributed by atoms with E-state index < -0.39 is 5.97 Å². The molecule has 45 heavy (non-hydrogen) atoms. The molecule has 0 spiro atoms. The molecule has 1 fully saturated rings. The minimum absolute atomic E-state index is 0.0396. The van der Waals surface area contributed by atoms with Gasteiger partial charge in [-0.1, -0.05) is 32.0 Å². The Morgan fingerprint density at radius 1 is 1.00 bits per heavy atom. The summed E-state index contributed by atoms with van der Waals surface area (Å²) in [4.78, 5) is 44.4. The molecular weight excluding hydrogens is 586 g/mol. The predicted octanol–water partition coefficient (Wildman–Crippen LogP) is 7.31. The van der Waals surface area contributed by atoms with Gasteiger partial charge in [0.05, 0.1) is 11.4 Å². The largest absolute Gasteiger partial charge is 0.481 e. The number of nitrogens with zero attached hydrogens (tertiary/aromatic N) is 3. The van der Waals surface area contributed by atoms with E-state index in [1.165, 1.54) is 24.2 Å². The third-order valence-corrected chi connectivity index (χ3v) is 10.3. The van der Waals surface area contributed by atoms with E-state index in [0.717, 1.165) is 41.0 Å². The maximum absolute atomic E-state index is 13.9. The van der Waals surface area contributed by atoms with Crippen molar-refractivity contribution in [2.75, 3.05) is 36.5 Å². The second kappa shape index (κ2) is 14.1. The highest BCUT2D eigenvalue weighted by atomic mass is 32.1. The van der Waals surface area contributed by atoms with Crippen LogP contribution in [0.4, 0.5) is 11.4 Å². The van der Waals surface area contributed by atoms with Crippen LogP contribution < -0.4 is 14.5 Å². The van der Waals surface area contributed by atoms with Crippen LogP contribution in [-0.2, 0) is 16.0 Å². The number of benzene rings is 2. The van der Waals surface area contributed by atoms with Crippen LogP contribution in [0.25, 0.3) is 0 Å². The average molecular weight is 632 g/mol. The van der Waals surface area contributed by atoms with Crippen LogP contribution >= 0.6 is 11.3 Å². The van der Waals surface area contributed by atoms with E-state index in [1.807, 2.05) is 75.4 Å². The van der Waals surface area contributed by atoms with E-state index in [2.05, 4.69) is 17.0 Å². The number of ether oxygens (including phenoxy) is 1. The van der Waals surface area contributed by atoms with E-state index in [4.69, 9.17) is 9.84 Å². The number of carbonyl (C=O) groups excluding carboxylic acids is 2. The van der Waals surface area contributed by atoms with Gasteiger partial charge in [-0.2, -0.15) is 0 Å². The summed E-state index contributed by atoms with van der Waals surface area (Å²) in [5, 5.41) is 11.0. The van der Waals surface area contributed by atoms with Crippen molar-refractivity contribution >= 4 is 40.5 Å². The molecule has 3 aromatic rings. The molecule has 1 aromatic heterocycles. The molecule has 2 amide bonds. The van der Waals surface area contributed by atoms with Gasteiger partial charge in [-0.25, -0.2) is 0 Å². The number of thiophene rings is 1. The molecule has 0 bridgehead atoms. The molecule has 0 radical (unpaired) electrons. The molecule has 5 rings (SSSR count). The number of hydrogen-bond donors (Lipinski definition) is 1. The van der Waals surface area contributed by atoms with Gasteiger partial charge in [0.1, 0.15) is 10.6 Å². The number of rotatable bonds is 13. The van der Waals surface area contributed by atoms with Crippen molar-refractivity contribution in [3.8, 4) is 11.5 Å². The lowest BCUT2D eigenvalue weighted by Crippen LogP contribution is -2.44. The zero-order valence-corrected chi connectivity index (χ0v) is 27.9. The van der Waals surface area contributed by atoms with Gasteiger partial charge in [0.15, 0.2) is 5.75 Å². The molecule has 1 aliphatic carbocycles. The number of aryl methyl sites for hydroxylation is 3. The lowest BCUT2D eigenvalue weighted by atomic mass is 9.90.